The summed E-state index contributed by atoms with van der Waals surface area (Å²) < 4.78 is 18.6. The monoisotopic (exact) mass is 237 g/mol. The van der Waals surface area contributed by atoms with Gasteiger partial charge in [-0.1, -0.05) is 6.92 Å². The van der Waals surface area contributed by atoms with Gasteiger partial charge in [-0.05, 0) is 24.6 Å². The number of amides is 1. The van der Waals surface area contributed by atoms with Crippen molar-refractivity contribution >= 4 is 5.91 Å². The van der Waals surface area contributed by atoms with E-state index in [1.54, 1.807) is 13.0 Å². The lowest BCUT2D eigenvalue weighted by atomic mass is 10.2. The smallest absolute Gasteiger partial charge is 0.274 e. The quantitative estimate of drug-likeness (QED) is 0.461. The molecule has 0 saturated heterocycles. The molecule has 1 rings (SSSR count). The van der Waals surface area contributed by atoms with Gasteiger partial charge in [0.2, 0.25) is 0 Å². The number of nitrogens with two attached hydrogens (primary N) is 1. The summed E-state index contributed by atoms with van der Waals surface area (Å²) in [6.45, 7) is 1.71. The summed E-state index contributed by atoms with van der Waals surface area (Å²) in [6.07, 6.45) is -0.509. The lowest BCUT2D eigenvalue weighted by molar-refractivity contribution is -0.128. The van der Waals surface area contributed by atoms with Crippen molar-refractivity contribution in [2.45, 2.75) is 19.4 Å². The zero-order chi connectivity index (χ0) is 12.8. The molecule has 1 amide bonds. The fourth-order valence-corrected chi connectivity index (χ4v) is 1.23. The molecule has 1 aromatic rings. The molecule has 5 nitrogen and oxygen atoms in total. The second-order valence-corrected chi connectivity index (χ2v) is 3.28. The number of carbonyl (C=O) groups is 1. The largest absolute Gasteiger partial charge is 0.477 e. The van der Waals surface area contributed by atoms with Crippen molar-refractivity contribution in [1.82, 2.24) is 5.43 Å². The Hall–Kier alpha value is -2.13. The molecule has 90 valence electrons. The minimum Gasteiger partial charge on any atom is -0.477 e. The van der Waals surface area contributed by atoms with Crippen LogP contribution in [0.15, 0.2) is 18.2 Å². The predicted molar refractivity (Wildman–Crippen MR) is 58.2 cm³/mol. The number of benzene rings is 1. The predicted octanol–water partition coefficient (Wildman–Crippen LogP) is 0.845. The molecule has 0 radical (unpaired) electrons. The number of hydrazine groups is 1. The van der Waals surface area contributed by atoms with Gasteiger partial charge in [-0.15, -0.1) is 0 Å². The highest BCUT2D eigenvalue weighted by Gasteiger charge is 2.18. The maximum absolute atomic E-state index is 13.5. The van der Waals surface area contributed by atoms with Gasteiger partial charge in [0.1, 0.15) is 0 Å². The summed E-state index contributed by atoms with van der Waals surface area (Å²) in [6, 6.07) is 5.56. The van der Waals surface area contributed by atoms with Crippen LogP contribution in [0.1, 0.15) is 18.9 Å². The summed E-state index contributed by atoms with van der Waals surface area (Å²) in [5.74, 6) is 3.67. The Bertz CT molecular complexity index is 457. The number of nitrogens with zero attached hydrogens (tertiary/aromatic N) is 1. The van der Waals surface area contributed by atoms with Crippen molar-refractivity contribution in [2.24, 2.45) is 5.84 Å². The first kappa shape index (κ1) is 12.9. The minimum atomic E-state index is -0.859. The summed E-state index contributed by atoms with van der Waals surface area (Å²) >= 11 is 0. The van der Waals surface area contributed by atoms with Crippen LogP contribution in [0.25, 0.3) is 0 Å². The normalized spacial score (nSPS) is 11.4. The number of nitriles is 1. The van der Waals surface area contributed by atoms with Crippen LogP contribution in [0.4, 0.5) is 4.39 Å². The van der Waals surface area contributed by atoms with Gasteiger partial charge >= 0.3 is 0 Å². The van der Waals surface area contributed by atoms with Gasteiger partial charge in [0, 0.05) is 0 Å². The highest BCUT2D eigenvalue weighted by atomic mass is 19.1. The van der Waals surface area contributed by atoms with Crippen LogP contribution < -0.4 is 16.0 Å². The fraction of sp³-hybridized carbons (Fsp3) is 0.273. The van der Waals surface area contributed by atoms with Crippen molar-refractivity contribution in [3.8, 4) is 11.8 Å². The Balaban J connectivity index is 2.87. The highest BCUT2D eigenvalue weighted by molar-refractivity contribution is 5.80. The van der Waals surface area contributed by atoms with Gasteiger partial charge in [0.25, 0.3) is 5.91 Å². The van der Waals surface area contributed by atoms with E-state index in [0.717, 1.165) is 6.07 Å². The number of nitrogens with one attached hydrogen (secondary N) is 1. The Morgan fingerprint density at radius 3 is 2.88 bits per heavy atom. The molecule has 1 aromatic carbocycles. The van der Waals surface area contributed by atoms with Crippen molar-refractivity contribution < 1.29 is 13.9 Å². The summed E-state index contributed by atoms with van der Waals surface area (Å²) in [5, 5.41) is 8.57. The molecule has 1 unspecified atom stereocenters. The number of hydrogen-bond donors (Lipinski definition) is 2. The molecule has 0 spiro atoms. The lowest BCUT2D eigenvalue weighted by Crippen LogP contribution is -2.41. The first-order chi connectivity index (χ1) is 8.12. The maximum Gasteiger partial charge on any atom is 0.274 e. The van der Waals surface area contributed by atoms with E-state index in [1.807, 2.05) is 5.43 Å². The van der Waals surface area contributed by atoms with Gasteiger partial charge in [-0.25, -0.2) is 10.2 Å². The molecule has 0 aliphatic rings. The summed E-state index contributed by atoms with van der Waals surface area (Å²) in [4.78, 5) is 11.2. The third-order valence-corrected chi connectivity index (χ3v) is 2.14. The Morgan fingerprint density at radius 1 is 1.71 bits per heavy atom. The number of carbonyl (C=O) groups excluding carboxylic acids is 1. The van der Waals surface area contributed by atoms with E-state index in [-0.39, 0.29) is 11.3 Å². The van der Waals surface area contributed by atoms with Crippen LogP contribution in [0.5, 0.6) is 5.75 Å². The van der Waals surface area contributed by atoms with E-state index >= 15 is 0 Å². The zero-order valence-corrected chi connectivity index (χ0v) is 9.24. The third-order valence-electron chi connectivity index (χ3n) is 2.14. The summed E-state index contributed by atoms with van der Waals surface area (Å²) in [7, 11) is 0. The van der Waals surface area contributed by atoms with Crippen LogP contribution in [0.2, 0.25) is 0 Å². The van der Waals surface area contributed by atoms with E-state index in [1.165, 1.54) is 12.1 Å². The molecule has 0 aromatic heterocycles. The molecule has 0 fully saturated rings. The first-order valence-corrected chi connectivity index (χ1v) is 4.99. The van der Waals surface area contributed by atoms with E-state index in [0.29, 0.717) is 6.42 Å². The van der Waals surface area contributed by atoms with Gasteiger partial charge in [-0.2, -0.15) is 5.26 Å². The van der Waals surface area contributed by atoms with Crippen LogP contribution in [-0.4, -0.2) is 12.0 Å². The molecular formula is C11H12FN3O2. The van der Waals surface area contributed by atoms with Crippen molar-refractivity contribution in [3.63, 3.8) is 0 Å². The van der Waals surface area contributed by atoms with Crippen LogP contribution in [0, 0.1) is 17.1 Å². The van der Waals surface area contributed by atoms with Gasteiger partial charge < -0.3 is 4.74 Å². The fourth-order valence-electron chi connectivity index (χ4n) is 1.23. The Kier molecular flexibility index (Phi) is 4.43. The zero-order valence-electron chi connectivity index (χ0n) is 9.24. The SMILES string of the molecule is CCC(Oc1ccc(C#N)cc1F)C(=O)NN. The van der Waals surface area contributed by atoms with E-state index in [4.69, 9.17) is 15.8 Å². The number of ether oxygens (including phenoxy) is 1. The second-order valence-electron chi connectivity index (χ2n) is 3.28. The average Bonchev–Trinajstić information content (AvgIpc) is 2.36. The molecule has 0 aliphatic heterocycles. The van der Waals surface area contributed by atoms with E-state index < -0.39 is 17.8 Å². The average molecular weight is 237 g/mol. The topological polar surface area (TPSA) is 88.1 Å². The number of halogens is 1. The number of rotatable bonds is 4. The first-order valence-electron chi connectivity index (χ1n) is 4.99. The Labute approximate surface area is 97.9 Å². The van der Waals surface area contributed by atoms with Crippen molar-refractivity contribution in [1.29, 1.82) is 5.26 Å². The van der Waals surface area contributed by atoms with Crippen LogP contribution >= 0.6 is 0 Å². The molecule has 1 atom stereocenters. The molecular weight excluding hydrogens is 225 g/mol. The molecule has 3 N–H and O–H groups in total. The standard InChI is InChI=1S/C11H12FN3O2/c1-2-9(11(16)15-14)17-10-4-3-7(6-13)5-8(10)12/h3-5,9H,2,14H2,1H3,(H,15,16). The molecule has 17 heavy (non-hydrogen) atoms. The van der Waals surface area contributed by atoms with E-state index in [9.17, 15) is 9.18 Å². The molecule has 0 aliphatic carbocycles. The molecule has 0 heterocycles. The molecule has 0 bridgehead atoms. The number of hydrogen-bond acceptors (Lipinski definition) is 4. The van der Waals surface area contributed by atoms with Crippen LogP contribution in [0.3, 0.4) is 0 Å². The second kappa shape index (κ2) is 5.82. The Morgan fingerprint density at radius 2 is 2.41 bits per heavy atom. The van der Waals surface area contributed by atoms with E-state index in [2.05, 4.69) is 0 Å². The minimum absolute atomic E-state index is 0.0838. The molecule has 6 heteroatoms. The lowest BCUT2D eigenvalue weighted by Gasteiger charge is -2.16. The molecule has 0 saturated carbocycles. The van der Waals surface area contributed by atoms with Crippen molar-refractivity contribution in [3.05, 3.63) is 29.6 Å². The summed E-state index contributed by atoms with van der Waals surface area (Å²) in [5.41, 5.74) is 2.13. The highest BCUT2D eigenvalue weighted by Crippen LogP contribution is 2.20. The van der Waals surface area contributed by atoms with Gasteiger partial charge in [-0.3, -0.25) is 10.2 Å². The van der Waals surface area contributed by atoms with Gasteiger partial charge in [0.05, 0.1) is 11.6 Å². The third kappa shape index (κ3) is 3.16. The van der Waals surface area contributed by atoms with Gasteiger partial charge in [0.15, 0.2) is 17.7 Å². The maximum atomic E-state index is 13.5. The van der Waals surface area contributed by atoms with Crippen LogP contribution in [-0.2, 0) is 4.79 Å². The van der Waals surface area contributed by atoms with Crippen molar-refractivity contribution in [2.75, 3.05) is 0 Å².